The van der Waals surface area contributed by atoms with Crippen molar-refractivity contribution in [1.82, 2.24) is 10.2 Å². The Labute approximate surface area is 126 Å². The van der Waals surface area contributed by atoms with Gasteiger partial charge in [-0.2, -0.15) is 0 Å². The second-order valence-corrected chi connectivity index (χ2v) is 7.59. The van der Waals surface area contributed by atoms with Crippen LogP contribution in [-0.4, -0.2) is 53.3 Å². The summed E-state index contributed by atoms with van der Waals surface area (Å²) in [5.74, 6) is -0.907. The van der Waals surface area contributed by atoms with Gasteiger partial charge >= 0.3 is 12.0 Å². The maximum atomic E-state index is 12.3. The van der Waals surface area contributed by atoms with E-state index in [2.05, 4.69) is 26.1 Å². The van der Waals surface area contributed by atoms with Gasteiger partial charge in [0, 0.05) is 18.6 Å². The highest BCUT2D eigenvalue weighted by Crippen LogP contribution is 2.27. The number of nitrogens with one attached hydrogen (secondary N) is 1. The highest BCUT2D eigenvalue weighted by molar-refractivity contribution is 5.75. The third-order valence-electron chi connectivity index (χ3n) is 3.25. The molecule has 0 aromatic heterocycles. The average molecular weight is 300 g/mol. The lowest BCUT2D eigenvalue weighted by atomic mass is 9.82. The van der Waals surface area contributed by atoms with Gasteiger partial charge in [-0.1, -0.05) is 20.8 Å². The molecule has 1 fully saturated rings. The molecule has 1 unspecified atom stereocenters. The molecule has 1 rings (SSSR count). The van der Waals surface area contributed by atoms with Crippen LogP contribution in [0.2, 0.25) is 0 Å². The van der Waals surface area contributed by atoms with Gasteiger partial charge in [0.2, 0.25) is 0 Å². The first-order valence-electron chi connectivity index (χ1n) is 7.39. The second kappa shape index (κ2) is 6.64. The van der Waals surface area contributed by atoms with Gasteiger partial charge in [-0.25, -0.2) is 4.79 Å². The van der Waals surface area contributed by atoms with Crippen LogP contribution in [0.25, 0.3) is 0 Å². The zero-order valence-electron chi connectivity index (χ0n) is 13.7. The molecular formula is C15H28N2O4. The monoisotopic (exact) mass is 300 g/mol. The molecule has 2 amide bonds. The van der Waals surface area contributed by atoms with Crippen molar-refractivity contribution in [3.05, 3.63) is 0 Å². The Morgan fingerprint density at radius 3 is 2.43 bits per heavy atom. The number of nitrogens with zero attached hydrogens (tertiary/aromatic N) is 1. The molecular weight excluding hydrogens is 272 g/mol. The van der Waals surface area contributed by atoms with Gasteiger partial charge in [0.15, 0.2) is 0 Å². The van der Waals surface area contributed by atoms with Gasteiger partial charge in [-0.05, 0) is 25.7 Å². The van der Waals surface area contributed by atoms with Crippen LogP contribution < -0.4 is 5.32 Å². The maximum absolute atomic E-state index is 12.3. The Morgan fingerprint density at radius 1 is 1.29 bits per heavy atom. The Bertz CT molecular complexity index is 388. The largest absolute Gasteiger partial charge is 0.481 e. The summed E-state index contributed by atoms with van der Waals surface area (Å²) in [6.45, 7) is 11.6. The van der Waals surface area contributed by atoms with E-state index in [0.717, 1.165) is 6.42 Å². The number of ether oxygens (including phenoxy) is 1. The predicted octanol–water partition coefficient (Wildman–Crippen LogP) is 2.09. The van der Waals surface area contributed by atoms with Crippen molar-refractivity contribution in [3.8, 4) is 0 Å². The molecule has 0 radical (unpaired) electrons. The molecule has 0 saturated carbocycles. The van der Waals surface area contributed by atoms with Gasteiger partial charge in [0.05, 0.1) is 19.1 Å². The number of carboxylic acids is 1. The minimum Gasteiger partial charge on any atom is -0.481 e. The molecule has 1 saturated heterocycles. The summed E-state index contributed by atoms with van der Waals surface area (Å²) in [5, 5.41) is 11.8. The minimum atomic E-state index is -0.907. The summed E-state index contributed by atoms with van der Waals surface area (Å²) in [6, 6.07) is -0.150. The first-order valence-corrected chi connectivity index (χ1v) is 7.39. The third-order valence-corrected chi connectivity index (χ3v) is 3.25. The standard InChI is InChI=1S/C15H28N2O4/c1-14(2,3)10-15(4,5)16-13(20)17-6-7-21-11(9-17)8-12(18)19/h11H,6-10H2,1-5H3,(H,16,20)(H,18,19). The molecule has 6 nitrogen and oxygen atoms in total. The molecule has 2 N–H and O–H groups in total. The van der Waals surface area contributed by atoms with E-state index in [4.69, 9.17) is 9.84 Å². The SMILES string of the molecule is CC(C)(C)CC(C)(C)NC(=O)N1CCOC(CC(=O)O)C1. The number of aliphatic carboxylic acids is 1. The molecule has 6 heteroatoms. The number of morpholine rings is 1. The molecule has 1 atom stereocenters. The molecule has 0 aliphatic carbocycles. The number of rotatable bonds is 4. The Balaban J connectivity index is 2.56. The van der Waals surface area contributed by atoms with E-state index in [1.807, 2.05) is 13.8 Å². The van der Waals surface area contributed by atoms with Crippen molar-refractivity contribution in [3.63, 3.8) is 0 Å². The fourth-order valence-corrected chi connectivity index (χ4v) is 2.96. The highest BCUT2D eigenvalue weighted by Gasteiger charge is 2.31. The van der Waals surface area contributed by atoms with Crippen LogP contribution in [0.1, 0.15) is 47.5 Å². The first kappa shape index (κ1) is 17.8. The van der Waals surface area contributed by atoms with Crippen molar-refractivity contribution in [2.45, 2.75) is 59.1 Å². The van der Waals surface area contributed by atoms with Crippen LogP contribution >= 0.6 is 0 Å². The normalized spacial score (nSPS) is 20.2. The number of carboxylic acid groups (broad SMARTS) is 1. The summed E-state index contributed by atoms with van der Waals surface area (Å²) >= 11 is 0. The third kappa shape index (κ3) is 6.80. The fraction of sp³-hybridized carbons (Fsp3) is 0.867. The van der Waals surface area contributed by atoms with Crippen molar-refractivity contribution in [1.29, 1.82) is 0 Å². The van der Waals surface area contributed by atoms with Gasteiger partial charge < -0.3 is 20.1 Å². The van der Waals surface area contributed by atoms with E-state index >= 15 is 0 Å². The molecule has 1 aliphatic heterocycles. The lowest BCUT2D eigenvalue weighted by Gasteiger charge is -2.38. The van der Waals surface area contributed by atoms with Gasteiger partial charge in [-0.15, -0.1) is 0 Å². The average Bonchev–Trinajstić information content (AvgIpc) is 2.24. The van der Waals surface area contributed by atoms with Crippen molar-refractivity contribution < 1.29 is 19.4 Å². The zero-order chi connectivity index (χ0) is 16.3. The number of carbonyl (C=O) groups is 2. The Hall–Kier alpha value is -1.30. The van der Waals surface area contributed by atoms with Crippen LogP contribution in [0.5, 0.6) is 0 Å². The Morgan fingerprint density at radius 2 is 1.90 bits per heavy atom. The van der Waals surface area contributed by atoms with Crippen molar-refractivity contribution in [2.75, 3.05) is 19.7 Å². The lowest BCUT2D eigenvalue weighted by Crippen LogP contribution is -2.55. The van der Waals surface area contributed by atoms with Crippen molar-refractivity contribution >= 4 is 12.0 Å². The fourth-order valence-electron chi connectivity index (χ4n) is 2.96. The smallest absolute Gasteiger partial charge is 0.317 e. The number of carbonyl (C=O) groups excluding carboxylic acids is 1. The highest BCUT2D eigenvalue weighted by atomic mass is 16.5. The van der Waals surface area contributed by atoms with Gasteiger partial charge in [0.25, 0.3) is 0 Å². The van der Waals surface area contributed by atoms with E-state index in [9.17, 15) is 9.59 Å². The topological polar surface area (TPSA) is 78.9 Å². The second-order valence-electron chi connectivity index (χ2n) is 7.59. The zero-order valence-corrected chi connectivity index (χ0v) is 13.7. The van der Waals surface area contributed by atoms with Crippen LogP contribution in [0.4, 0.5) is 4.79 Å². The molecule has 0 aromatic carbocycles. The summed E-state index contributed by atoms with van der Waals surface area (Å²) in [5.41, 5.74) is -0.191. The quantitative estimate of drug-likeness (QED) is 0.833. The molecule has 1 aliphatic rings. The number of hydrogen-bond donors (Lipinski definition) is 2. The van der Waals surface area contributed by atoms with Crippen LogP contribution in [-0.2, 0) is 9.53 Å². The number of amides is 2. The van der Waals surface area contributed by atoms with E-state index in [1.54, 1.807) is 4.90 Å². The molecule has 0 bridgehead atoms. The minimum absolute atomic E-state index is 0.0742. The molecule has 21 heavy (non-hydrogen) atoms. The molecule has 1 heterocycles. The number of hydrogen-bond acceptors (Lipinski definition) is 3. The van der Waals surface area contributed by atoms with Crippen molar-refractivity contribution in [2.24, 2.45) is 5.41 Å². The van der Waals surface area contributed by atoms with E-state index in [-0.39, 0.29) is 23.4 Å². The molecule has 0 aromatic rings. The van der Waals surface area contributed by atoms with Gasteiger partial charge in [0.1, 0.15) is 0 Å². The molecule has 0 spiro atoms. The summed E-state index contributed by atoms with van der Waals surface area (Å²) < 4.78 is 5.38. The van der Waals surface area contributed by atoms with Gasteiger partial charge in [-0.3, -0.25) is 4.79 Å². The summed E-state index contributed by atoms with van der Waals surface area (Å²) in [6.07, 6.45) is 0.358. The first-order chi connectivity index (χ1) is 9.48. The van der Waals surface area contributed by atoms with Crippen LogP contribution in [0.15, 0.2) is 0 Å². The summed E-state index contributed by atoms with van der Waals surface area (Å²) in [7, 11) is 0. The van der Waals surface area contributed by atoms with Crippen LogP contribution in [0.3, 0.4) is 0 Å². The molecule has 122 valence electrons. The van der Waals surface area contributed by atoms with E-state index < -0.39 is 12.1 Å². The van der Waals surface area contributed by atoms with E-state index in [0.29, 0.717) is 19.7 Å². The lowest BCUT2D eigenvalue weighted by molar-refractivity contribution is -0.141. The Kier molecular flexibility index (Phi) is 5.61. The van der Waals surface area contributed by atoms with E-state index in [1.165, 1.54) is 0 Å². The van der Waals surface area contributed by atoms with Crippen LogP contribution in [0, 0.1) is 5.41 Å². The summed E-state index contributed by atoms with van der Waals surface area (Å²) in [4.78, 5) is 24.7. The predicted molar refractivity (Wildman–Crippen MR) is 80.2 cm³/mol. The number of urea groups is 1. The maximum Gasteiger partial charge on any atom is 0.317 e.